The maximum atomic E-state index is 9.37. The number of hydrogen-bond donors (Lipinski definition) is 2. The third-order valence-corrected chi connectivity index (χ3v) is 1.81. The first-order chi connectivity index (χ1) is 10.8. The van der Waals surface area contributed by atoms with Gasteiger partial charge < -0.3 is 14.9 Å². The van der Waals surface area contributed by atoms with Gasteiger partial charge in [-0.3, -0.25) is 4.79 Å². The third-order valence-electron chi connectivity index (χ3n) is 1.81. The van der Waals surface area contributed by atoms with Crippen LogP contribution >= 0.6 is 0 Å². The summed E-state index contributed by atoms with van der Waals surface area (Å²) in [5.74, 6) is 0.999. The fourth-order valence-electron chi connectivity index (χ4n) is 0.815. The molecule has 0 radical (unpaired) electrons. The molecule has 0 saturated carbocycles. The van der Waals surface area contributed by atoms with Crippen molar-refractivity contribution in [1.82, 2.24) is 0 Å². The molecule has 24 heavy (non-hydrogen) atoms. The van der Waals surface area contributed by atoms with Crippen molar-refractivity contribution in [3.8, 4) is 0 Å². The Kier molecular flexibility index (Phi) is 29.1. The summed E-state index contributed by atoms with van der Waals surface area (Å²) >= 11 is 0. The Morgan fingerprint density at radius 3 is 1.38 bits per heavy atom. The molecule has 2 N–H and O–H groups in total. The van der Waals surface area contributed by atoms with Crippen molar-refractivity contribution in [2.45, 2.75) is 101 Å². The Bertz CT molecular complexity index is 218. The number of rotatable bonds is 1. The van der Waals surface area contributed by atoms with Crippen molar-refractivity contribution in [2.75, 3.05) is 13.2 Å². The maximum absolute atomic E-state index is 9.37. The Balaban J connectivity index is -0.000000108. The van der Waals surface area contributed by atoms with Crippen LogP contribution in [0.25, 0.3) is 0 Å². The van der Waals surface area contributed by atoms with E-state index in [1.54, 1.807) is 27.7 Å². The van der Waals surface area contributed by atoms with E-state index in [1.807, 2.05) is 0 Å². The minimum absolute atomic E-state index is 0.222. The van der Waals surface area contributed by atoms with Gasteiger partial charge in [0.15, 0.2) is 0 Å². The molecule has 0 aromatic rings. The summed E-state index contributed by atoms with van der Waals surface area (Å²) in [6.45, 7) is 21.8. The molecule has 1 rings (SSSR count). The number of carboxylic acids is 1. The highest BCUT2D eigenvalue weighted by molar-refractivity contribution is 5.66. The fourth-order valence-corrected chi connectivity index (χ4v) is 0.815. The number of ether oxygens (including phenoxy) is 1. The zero-order valence-electron chi connectivity index (χ0n) is 18.1. The molecule has 0 unspecified atom stereocenters. The SMILES string of the molecule is CC(C)(C)O.CC(C)C.CC1CCOCC1.CCC.CCC(=O)O. The minimum Gasteiger partial charge on any atom is -0.481 e. The lowest BCUT2D eigenvalue weighted by Gasteiger charge is -2.16. The topological polar surface area (TPSA) is 66.8 Å². The molecule has 4 heteroatoms. The molecular formula is C20H46O4. The van der Waals surface area contributed by atoms with E-state index in [1.165, 1.54) is 19.3 Å². The summed E-state index contributed by atoms with van der Waals surface area (Å²) in [7, 11) is 0. The number of hydrogen-bond acceptors (Lipinski definition) is 3. The molecule has 4 nitrogen and oxygen atoms in total. The molecular weight excluding hydrogens is 304 g/mol. The Labute approximate surface area is 152 Å². The highest BCUT2D eigenvalue weighted by atomic mass is 16.5. The molecule has 1 aliphatic heterocycles. The van der Waals surface area contributed by atoms with E-state index in [9.17, 15) is 4.79 Å². The van der Waals surface area contributed by atoms with Gasteiger partial charge in [0.2, 0.25) is 0 Å². The predicted octanol–water partition coefficient (Wildman–Crippen LogP) is 5.77. The first kappa shape index (κ1) is 31.2. The van der Waals surface area contributed by atoms with E-state index in [0.717, 1.165) is 25.0 Å². The summed E-state index contributed by atoms with van der Waals surface area (Å²) in [4.78, 5) is 9.37. The van der Waals surface area contributed by atoms with Gasteiger partial charge in [-0.2, -0.15) is 0 Å². The van der Waals surface area contributed by atoms with E-state index in [2.05, 4.69) is 41.5 Å². The third kappa shape index (κ3) is 101. The second kappa shape index (κ2) is 22.4. The molecule has 0 aromatic heterocycles. The van der Waals surface area contributed by atoms with Crippen molar-refractivity contribution in [3.05, 3.63) is 0 Å². The lowest BCUT2D eigenvalue weighted by atomic mass is 10.0. The number of aliphatic carboxylic acids is 1. The van der Waals surface area contributed by atoms with Crippen LogP contribution in [0.1, 0.15) is 94.9 Å². The highest BCUT2D eigenvalue weighted by Crippen LogP contribution is 2.11. The summed E-state index contributed by atoms with van der Waals surface area (Å²) < 4.78 is 5.14. The molecule has 1 saturated heterocycles. The molecule has 1 heterocycles. The molecule has 1 fully saturated rings. The van der Waals surface area contributed by atoms with Crippen LogP contribution in [-0.2, 0) is 9.53 Å². The normalized spacial score (nSPS) is 13.7. The van der Waals surface area contributed by atoms with E-state index >= 15 is 0 Å². The molecule has 150 valence electrons. The van der Waals surface area contributed by atoms with Crippen LogP contribution in [0.15, 0.2) is 0 Å². The monoisotopic (exact) mass is 350 g/mol. The summed E-state index contributed by atoms with van der Waals surface area (Å²) in [6.07, 6.45) is 4.00. The second-order valence-electron chi connectivity index (χ2n) is 7.65. The van der Waals surface area contributed by atoms with Crippen molar-refractivity contribution in [1.29, 1.82) is 0 Å². The van der Waals surface area contributed by atoms with Crippen LogP contribution in [0, 0.1) is 11.8 Å². The van der Waals surface area contributed by atoms with Gasteiger partial charge in [-0.25, -0.2) is 0 Å². The Morgan fingerprint density at radius 1 is 1.08 bits per heavy atom. The van der Waals surface area contributed by atoms with Gasteiger partial charge in [0.25, 0.3) is 0 Å². The quantitative estimate of drug-likeness (QED) is 0.630. The summed E-state index contributed by atoms with van der Waals surface area (Å²) in [6, 6.07) is 0. The average molecular weight is 351 g/mol. The lowest BCUT2D eigenvalue weighted by Crippen LogP contribution is -2.12. The van der Waals surface area contributed by atoms with Gasteiger partial charge in [0, 0.05) is 19.6 Å². The molecule has 0 spiro atoms. The summed E-state index contributed by atoms with van der Waals surface area (Å²) in [5, 5.41) is 16.2. The van der Waals surface area contributed by atoms with Crippen molar-refractivity contribution < 1.29 is 19.7 Å². The molecule has 0 bridgehead atoms. The van der Waals surface area contributed by atoms with E-state index in [4.69, 9.17) is 14.9 Å². The van der Waals surface area contributed by atoms with Crippen LogP contribution in [0.4, 0.5) is 0 Å². The number of aliphatic hydroxyl groups is 1. The van der Waals surface area contributed by atoms with Crippen LogP contribution < -0.4 is 0 Å². The first-order valence-corrected chi connectivity index (χ1v) is 9.33. The van der Waals surface area contributed by atoms with Gasteiger partial charge in [-0.05, 0) is 45.4 Å². The molecule has 1 aliphatic rings. The standard InChI is InChI=1S/C6H12O.C4H10O.C4H10.C3H6O2.C3H8/c1-6-2-4-7-5-3-6;1-4(2,3)5;1-4(2)3;1-2-3(4)5;1-3-2/h6H,2-5H2,1H3;5H,1-3H3;4H,1-3H3;2H2,1H3,(H,4,5);3H2,1-2H3. The summed E-state index contributed by atoms with van der Waals surface area (Å²) in [5.41, 5.74) is -0.500. The predicted molar refractivity (Wildman–Crippen MR) is 106 cm³/mol. The van der Waals surface area contributed by atoms with Gasteiger partial charge in [-0.1, -0.05) is 54.9 Å². The van der Waals surface area contributed by atoms with Gasteiger partial charge in [0.05, 0.1) is 5.60 Å². The second-order valence-corrected chi connectivity index (χ2v) is 7.65. The number of carbonyl (C=O) groups is 1. The minimum atomic E-state index is -0.745. The lowest BCUT2D eigenvalue weighted by molar-refractivity contribution is -0.136. The van der Waals surface area contributed by atoms with Crippen molar-refractivity contribution in [2.24, 2.45) is 11.8 Å². The van der Waals surface area contributed by atoms with Crippen LogP contribution in [0.2, 0.25) is 0 Å². The first-order valence-electron chi connectivity index (χ1n) is 9.33. The zero-order valence-corrected chi connectivity index (χ0v) is 18.1. The molecule has 0 aromatic carbocycles. The van der Waals surface area contributed by atoms with Gasteiger partial charge >= 0.3 is 5.97 Å². The van der Waals surface area contributed by atoms with E-state index < -0.39 is 11.6 Å². The zero-order chi connectivity index (χ0) is 20.2. The highest BCUT2D eigenvalue weighted by Gasteiger charge is 2.06. The van der Waals surface area contributed by atoms with Crippen molar-refractivity contribution >= 4 is 5.97 Å². The molecule has 0 atom stereocenters. The smallest absolute Gasteiger partial charge is 0.303 e. The van der Waals surface area contributed by atoms with Crippen LogP contribution in [0.5, 0.6) is 0 Å². The van der Waals surface area contributed by atoms with Gasteiger partial charge in [0.1, 0.15) is 0 Å². The Hall–Kier alpha value is -0.610. The van der Waals surface area contributed by atoms with E-state index in [0.29, 0.717) is 0 Å². The molecule has 0 amide bonds. The Morgan fingerprint density at radius 2 is 1.29 bits per heavy atom. The average Bonchev–Trinajstić information content (AvgIpc) is 2.38. The van der Waals surface area contributed by atoms with Gasteiger partial charge in [-0.15, -0.1) is 0 Å². The molecule has 0 aliphatic carbocycles. The number of carboxylic acid groups (broad SMARTS) is 1. The fraction of sp³-hybridized carbons (Fsp3) is 0.950. The van der Waals surface area contributed by atoms with E-state index in [-0.39, 0.29) is 6.42 Å². The largest absolute Gasteiger partial charge is 0.481 e. The van der Waals surface area contributed by atoms with Crippen molar-refractivity contribution in [3.63, 3.8) is 0 Å². The van der Waals surface area contributed by atoms with Crippen LogP contribution in [0.3, 0.4) is 0 Å². The maximum Gasteiger partial charge on any atom is 0.303 e. The van der Waals surface area contributed by atoms with Crippen LogP contribution in [-0.4, -0.2) is 35.0 Å².